The Labute approximate surface area is 90.2 Å². The molecule has 2 rings (SSSR count). The molecule has 0 atom stereocenters. The Kier molecular flexibility index (Phi) is 2.51. The van der Waals surface area contributed by atoms with E-state index in [4.69, 9.17) is 10.00 Å². The van der Waals surface area contributed by atoms with Gasteiger partial charge in [0.05, 0.1) is 12.3 Å². The average molecular weight is 251 g/mol. The molecule has 0 aliphatic carbocycles. The van der Waals surface area contributed by atoms with Gasteiger partial charge in [-0.3, -0.25) is 0 Å². The largest absolute Gasteiger partial charge is 0.492 e. The second-order valence-corrected chi connectivity index (χ2v) is 3.81. The quantitative estimate of drug-likeness (QED) is 0.665. The Hall–Kier alpha value is -1.34. The van der Waals surface area contributed by atoms with Gasteiger partial charge in [-0.2, -0.15) is 10.3 Å². The SMILES string of the molecule is N#C/N=C1\CCOc2ccc(Br)cc21. The fourth-order valence-corrected chi connectivity index (χ4v) is 1.78. The number of nitrogens with zero attached hydrogens (tertiary/aromatic N) is 2. The van der Waals surface area contributed by atoms with Crippen LogP contribution in [0.2, 0.25) is 0 Å². The van der Waals surface area contributed by atoms with Crippen molar-refractivity contribution in [3.63, 3.8) is 0 Å². The van der Waals surface area contributed by atoms with Gasteiger partial charge in [-0.05, 0) is 18.2 Å². The first-order chi connectivity index (χ1) is 6.81. The van der Waals surface area contributed by atoms with E-state index in [0.29, 0.717) is 13.0 Å². The Morgan fingerprint density at radius 2 is 2.36 bits per heavy atom. The number of fused-ring (bicyclic) bond motifs is 1. The van der Waals surface area contributed by atoms with Crippen LogP contribution in [0.5, 0.6) is 5.75 Å². The van der Waals surface area contributed by atoms with Crippen molar-refractivity contribution in [3.05, 3.63) is 28.2 Å². The molecule has 0 spiro atoms. The molecule has 0 aromatic heterocycles. The lowest BCUT2D eigenvalue weighted by Crippen LogP contribution is -2.15. The van der Waals surface area contributed by atoms with E-state index >= 15 is 0 Å². The van der Waals surface area contributed by atoms with Gasteiger partial charge >= 0.3 is 0 Å². The molecule has 1 aliphatic rings. The molecule has 3 nitrogen and oxygen atoms in total. The minimum atomic E-state index is 0.592. The van der Waals surface area contributed by atoms with Gasteiger partial charge in [-0.1, -0.05) is 15.9 Å². The summed E-state index contributed by atoms with van der Waals surface area (Å²) in [6.07, 6.45) is 2.51. The fourth-order valence-electron chi connectivity index (χ4n) is 1.42. The summed E-state index contributed by atoms with van der Waals surface area (Å²) < 4.78 is 6.41. The Morgan fingerprint density at radius 3 is 3.14 bits per heavy atom. The van der Waals surface area contributed by atoms with Gasteiger partial charge in [0.25, 0.3) is 0 Å². The van der Waals surface area contributed by atoms with Crippen LogP contribution in [0.3, 0.4) is 0 Å². The summed E-state index contributed by atoms with van der Waals surface area (Å²) in [5.74, 6) is 0.799. The van der Waals surface area contributed by atoms with Crippen molar-refractivity contribution < 1.29 is 4.74 Å². The lowest BCUT2D eigenvalue weighted by molar-refractivity contribution is 0.320. The maximum absolute atomic E-state index is 8.52. The van der Waals surface area contributed by atoms with Crippen LogP contribution in [0.15, 0.2) is 27.7 Å². The zero-order valence-electron chi connectivity index (χ0n) is 7.33. The number of benzene rings is 1. The molecule has 1 heterocycles. The molecule has 4 heteroatoms. The van der Waals surface area contributed by atoms with Crippen LogP contribution in [0.1, 0.15) is 12.0 Å². The number of hydrogen-bond donors (Lipinski definition) is 0. The van der Waals surface area contributed by atoms with Crippen LogP contribution in [0.25, 0.3) is 0 Å². The summed E-state index contributed by atoms with van der Waals surface area (Å²) in [5.41, 5.74) is 1.71. The Bertz CT molecular complexity index is 434. The van der Waals surface area contributed by atoms with Gasteiger partial charge in [0.1, 0.15) is 5.75 Å². The summed E-state index contributed by atoms with van der Waals surface area (Å²) in [6, 6.07) is 5.71. The van der Waals surface area contributed by atoms with E-state index in [9.17, 15) is 0 Å². The van der Waals surface area contributed by atoms with E-state index in [2.05, 4.69) is 20.9 Å². The maximum atomic E-state index is 8.52. The van der Waals surface area contributed by atoms with Crippen molar-refractivity contribution in [3.8, 4) is 11.9 Å². The molecule has 0 saturated carbocycles. The highest BCUT2D eigenvalue weighted by atomic mass is 79.9. The molecule has 14 heavy (non-hydrogen) atoms. The molecule has 0 saturated heterocycles. The van der Waals surface area contributed by atoms with E-state index in [1.807, 2.05) is 24.4 Å². The molecule has 0 radical (unpaired) electrons. The minimum absolute atomic E-state index is 0.592. The third-order valence-corrected chi connectivity index (χ3v) is 2.53. The first-order valence-corrected chi connectivity index (χ1v) is 4.99. The van der Waals surface area contributed by atoms with E-state index in [1.165, 1.54) is 0 Å². The van der Waals surface area contributed by atoms with E-state index in [-0.39, 0.29) is 0 Å². The normalized spacial score (nSPS) is 17.0. The van der Waals surface area contributed by atoms with Crippen molar-refractivity contribution >= 4 is 21.6 Å². The van der Waals surface area contributed by atoms with Crippen molar-refractivity contribution in [1.82, 2.24) is 0 Å². The zero-order valence-corrected chi connectivity index (χ0v) is 8.91. The molecule has 70 valence electrons. The van der Waals surface area contributed by atoms with Gasteiger partial charge in [0.15, 0.2) is 0 Å². The summed E-state index contributed by atoms with van der Waals surface area (Å²) >= 11 is 3.38. The summed E-state index contributed by atoms with van der Waals surface area (Å²) in [6.45, 7) is 0.592. The third kappa shape index (κ3) is 1.64. The summed E-state index contributed by atoms with van der Waals surface area (Å²) in [7, 11) is 0. The molecule has 1 aromatic carbocycles. The zero-order chi connectivity index (χ0) is 9.97. The predicted octanol–water partition coefficient (Wildman–Crippen LogP) is 2.50. The van der Waals surface area contributed by atoms with Crippen LogP contribution in [-0.4, -0.2) is 12.3 Å². The Balaban J connectivity index is 2.53. The van der Waals surface area contributed by atoms with E-state index < -0.39 is 0 Å². The van der Waals surface area contributed by atoms with Crippen LogP contribution in [0.4, 0.5) is 0 Å². The van der Waals surface area contributed by atoms with Gasteiger partial charge in [-0.25, -0.2) is 0 Å². The molecule has 0 bridgehead atoms. The smallest absolute Gasteiger partial charge is 0.205 e. The third-order valence-electron chi connectivity index (χ3n) is 2.03. The van der Waals surface area contributed by atoms with Gasteiger partial charge in [0, 0.05) is 16.5 Å². The minimum Gasteiger partial charge on any atom is -0.492 e. The molecular weight excluding hydrogens is 244 g/mol. The summed E-state index contributed by atoms with van der Waals surface area (Å²) in [4.78, 5) is 3.79. The number of aliphatic imine (C=N–C) groups is 1. The molecule has 0 N–H and O–H groups in total. The van der Waals surface area contributed by atoms with E-state index in [0.717, 1.165) is 21.5 Å². The van der Waals surface area contributed by atoms with Crippen LogP contribution in [0, 0.1) is 11.5 Å². The lowest BCUT2D eigenvalue weighted by Gasteiger charge is -2.18. The van der Waals surface area contributed by atoms with E-state index in [1.54, 1.807) is 0 Å². The molecule has 0 fully saturated rings. The van der Waals surface area contributed by atoms with Crippen LogP contribution < -0.4 is 4.74 Å². The molecule has 0 unspecified atom stereocenters. The van der Waals surface area contributed by atoms with Crippen LogP contribution >= 0.6 is 15.9 Å². The van der Waals surface area contributed by atoms with Crippen LogP contribution in [-0.2, 0) is 0 Å². The molecule has 1 aliphatic heterocycles. The number of rotatable bonds is 0. The standard InChI is InChI=1S/C10H7BrN2O/c11-7-1-2-10-8(5-7)9(13-6-12)3-4-14-10/h1-2,5H,3-4H2/b13-9+. The highest BCUT2D eigenvalue weighted by Gasteiger charge is 2.16. The van der Waals surface area contributed by atoms with Crippen molar-refractivity contribution in [2.75, 3.05) is 6.61 Å². The van der Waals surface area contributed by atoms with Crippen molar-refractivity contribution in [1.29, 1.82) is 5.26 Å². The maximum Gasteiger partial charge on any atom is 0.205 e. The topological polar surface area (TPSA) is 45.4 Å². The summed E-state index contributed by atoms with van der Waals surface area (Å²) in [5, 5.41) is 8.52. The lowest BCUT2D eigenvalue weighted by atomic mass is 10.0. The van der Waals surface area contributed by atoms with Crippen molar-refractivity contribution in [2.24, 2.45) is 4.99 Å². The highest BCUT2D eigenvalue weighted by molar-refractivity contribution is 9.10. The second-order valence-electron chi connectivity index (χ2n) is 2.90. The monoisotopic (exact) mass is 250 g/mol. The number of hydrogen-bond acceptors (Lipinski definition) is 3. The first kappa shape index (κ1) is 9.22. The fraction of sp³-hybridized carbons (Fsp3) is 0.200. The van der Waals surface area contributed by atoms with Gasteiger partial charge in [0.2, 0.25) is 6.19 Å². The first-order valence-electron chi connectivity index (χ1n) is 4.19. The average Bonchev–Trinajstić information content (AvgIpc) is 2.19. The Morgan fingerprint density at radius 1 is 1.50 bits per heavy atom. The molecule has 1 aromatic rings. The predicted molar refractivity (Wildman–Crippen MR) is 56.4 cm³/mol. The highest BCUT2D eigenvalue weighted by Crippen LogP contribution is 2.28. The molecule has 0 amide bonds. The second kappa shape index (κ2) is 3.81. The van der Waals surface area contributed by atoms with Crippen molar-refractivity contribution in [2.45, 2.75) is 6.42 Å². The molecular formula is C10H7BrN2O. The van der Waals surface area contributed by atoms with Gasteiger partial charge in [-0.15, -0.1) is 0 Å². The number of nitriles is 1. The van der Waals surface area contributed by atoms with Gasteiger partial charge < -0.3 is 4.74 Å². The number of ether oxygens (including phenoxy) is 1. The number of halogens is 1.